The van der Waals surface area contributed by atoms with Crippen LogP contribution in [0, 0.1) is 0 Å². The topological polar surface area (TPSA) is 49.3 Å². The normalized spacial score (nSPS) is 35.1. The predicted octanol–water partition coefficient (Wildman–Crippen LogP) is 0.522. The Morgan fingerprint density at radius 1 is 1.64 bits per heavy atom. The van der Waals surface area contributed by atoms with Crippen molar-refractivity contribution in [1.82, 2.24) is 5.32 Å². The van der Waals surface area contributed by atoms with Gasteiger partial charge in [-0.3, -0.25) is 0 Å². The predicted molar refractivity (Wildman–Crippen MR) is 40.3 cm³/mol. The molecule has 60 valence electrons. The number of carboxylic acids is 1. The second kappa shape index (κ2) is 2.34. The molecule has 2 rings (SSSR count). The summed E-state index contributed by atoms with van der Waals surface area (Å²) in [6, 6.07) is 0.675. The molecular weight excluding hydrogens is 142 g/mol. The monoisotopic (exact) mass is 153 g/mol. The molecule has 1 saturated heterocycles. The van der Waals surface area contributed by atoms with Crippen LogP contribution in [0.3, 0.4) is 0 Å². The molecule has 0 aromatic rings. The maximum Gasteiger partial charge on any atom is 0.332 e. The second-order valence-electron chi connectivity index (χ2n) is 3.19. The zero-order valence-corrected chi connectivity index (χ0v) is 6.21. The van der Waals surface area contributed by atoms with Gasteiger partial charge in [0.2, 0.25) is 0 Å². The van der Waals surface area contributed by atoms with E-state index in [1.165, 1.54) is 0 Å². The van der Waals surface area contributed by atoms with E-state index in [9.17, 15) is 4.79 Å². The van der Waals surface area contributed by atoms with Crippen LogP contribution in [-0.2, 0) is 4.79 Å². The number of nitrogens with one attached hydrogen (secondary N) is 1. The minimum absolute atomic E-state index is 0.131. The highest BCUT2D eigenvalue weighted by molar-refractivity contribution is 5.88. The van der Waals surface area contributed by atoms with Crippen molar-refractivity contribution in [3.63, 3.8) is 0 Å². The first kappa shape index (κ1) is 6.85. The van der Waals surface area contributed by atoms with E-state index in [0.29, 0.717) is 11.6 Å². The third-order valence-corrected chi connectivity index (χ3v) is 2.49. The molecule has 1 fully saturated rings. The van der Waals surface area contributed by atoms with E-state index in [-0.39, 0.29) is 6.04 Å². The lowest BCUT2D eigenvalue weighted by Gasteiger charge is -2.19. The minimum atomic E-state index is -0.761. The van der Waals surface area contributed by atoms with E-state index in [2.05, 4.69) is 5.32 Å². The van der Waals surface area contributed by atoms with Crippen LogP contribution in [0.25, 0.3) is 0 Å². The fourth-order valence-corrected chi connectivity index (χ4v) is 1.90. The first-order valence-electron chi connectivity index (χ1n) is 3.97. The second-order valence-corrected chi connectivity index (χ2v) is 3.19. The Labute approximate surface area is 65.1 Å². The molecule has 0 saturated carbocycles. The third kappa shape index (κ3) is 1.05. The van der Waals surface area contributed by atoms with Crippen LogP contribution in [-0.4, -0.2) is 23.2 Å². The van der Waals surface area contributed by atoms with Gasteiger partial charge in [0.1, 0.15) is 0 Å². The Morgan fingerprint density at radius 2 is 2.45 bits per heavy atom. The summed E-state index contributed by atoms with van der Waals surface area (Å²) in [6.07, 6.45) is 4.86. The molecule has 0 aliphatic carbocycles. The SMILES string of the molecule is O=C(O)C1=CCC2CC[C@H]1N2. The summed E-state index contributed by atoms with van der Waals surface area (Å²) in [5.74, 6) is -0.761. The van der Waals surface area contributed by atoms with Gasteiger partial charge in [-0.2, -0.15) is 0 Å². The van der Waals surface area contributed by atoms with Crippen molar-refractivity contribution < 1.29 is 9.90 Å². The van der Waals surface area contributed by atoms with Gasteiger partial charge in [0.15, 0.2) is 0 Å². The number of hydrogen-bond acceptors (Lipinski definition) is 2. The molecule has 2 N–H and O–H groups in total. The maximum absolute atomic E-state index is 10.6. The summed E-state index contributed by atoms with van der Waals surface area (Å²) < 4.78 is 0. The Bertz CT molecular complexity index is 222. The number of fused-ring (bicyclic) bond motifs is 2. The van der Waals surface area contributed by atoms with Crippen molar-refractivity contribution in [3.05, 3.63) is 11.6 Å². The Hall–Kier alpha value is -0.830. The summed E-state index contributed by atoms with van der Waals surface area (Å²) in [7, 11) is 0. The number of carbonyl (C=O) groups is 1. The van der Waals surface area contributed by atoms with Crippen molar-refractivity contribution in [2.24, 2.45) is 0 Å². The highest BCUT2D eigenvalue weighted by atomic mass is 16.4. The lowest BCUT2D eigenvalue weighted by molar-refractivity contribution is -0.133. The van der Waals surface area contributed by atoms with Gasteiger partial charge in [-0.25, -0.2) is 4.79 Å². The van der Waals surface area contributed by atoms with Crippen molar-refractivity contribution in [1.29, 1.82) is 0 Å². The summed E-state index contributed by atoms with van der Waals surface area (Å²) in [4.78, 5) is 10.6. The maximum atomic E-state index is 10.6. The van der Waals surface area contributed by atoms with E-state index >= 15 is 0 Å². The molecule has 2 heterocycles. The van der Waals surface area contributed by atoms with Crippen LogP contribution in [0.1, 0.15) is 19.3 Å². The standard InChI is InChI=1S/C8H11NO2/c10-8(11)6-3-1-5-2-4-7(6)9-5/h3,5,7,9H,1-2,4H2,(H,10,11)/t5?,7-/m1/s1. The third-order valence-electron chi connectivity index (χ3n) is 2.49. The molecule has 1 unspecified atom stereocenters. The fraction of sp³-hybridized carbons (Fsp3) is 0.625. The Balaban J connectivity index is 2.21. The van der Waals surface area contributed by atoms with E-state index in [0.717, 1.165) is 19.3 Å². The van der Waals surface area contributed by atoms with Gasteiger partial charge in [0, 0.05) is 17.7 Å². The van der Waals surface area contributed by atoms with Crippen molar-refractivity contribution in [2.75, 3.05) is 0 Å². The molecule has 0 radical (unpaired) electrons. The number of hydrogen-bond donors (Lipinski definition) is 2. The van der Waals surface area contributed by atoms with Crippen LogP contribution in [0.15, 0.2) is 11.6 Å². The van der Waals surface area contributed by atoms with E-state index in [1.54, 1.807) is 0 Å². The summed E-state index contributed by atoms with van der Waals surface area (Å²) in [6.45, 7) is 0. The molecule has 2 atom stereocenters. The average Bonchev–Trinajstić information content (AvgIpc) is 2.32. The highest BCUT2D eigenvalue weighted by Gasteiger charge is 2.32. The van der Waals surface area contributed by atoms with Gasteiger partial charge in [0.05, 0.1) is 0 Å². The van der Waals surface area contributed by atoms with Crippen LogP contribution >= 0.6 is 0 Å². The van der Waals surface area contributed by atoms with E-state index in [4.69, 9.17) is 5.11 Å². The van der Waals surface area contributed by atoms with Gasteiger partial charge >= 0.3 is 5.97 Å². The van der Waals surface area contributed by atoms with Crippen LogP contribution in [0.5, 0.6) is 0 Å². The quantitative estimate of drug-likeness (QED) is 0.577. The van der Waals surface area contributed by atoms with E-state index in [1.807, 2.05) is 6.08 Å². The summed E-state index contributed by atoms with van der Waals surface area (Å²) in [5.41, 5.74) is 0.568. The first-order valence-corrected chi connectivity index (χ1v) is 3.97. The van der Waals surface area contributed by atoms with Crippen molar-refractivity contribution >= 4 is 5.97 Å². The molecule has 2 bridgehead atoms. The van der Waals surface area contributed by atoms with Crippen molar-refractivity contribution in [2.45, 2.75) is 31.3 Å². The molecule has 3 heteroatoms. The van der Waals surface area contributed by atoms with Crippen LogP contribution in [0.4, 0.5) is 0 Å². The highest BCUT2D eigenvalue weighted by Crippen LogP contribution is 2.26. The molecule has 0 amide bonds. The van der Waals surface area contributed by atoms with Gasteiger partial charge in [-0.05, 0) is 19.3 Å². The number of carboxylic acid groups (broad SMARTS) is 1. The number of rotatable bonds is 1. The zero-order valence-electron chi connectivity index (χ0n) is 6.21. The Kier molecular flexibility index (Phi) is 1.46. The molecule has 2 aliphatic heterocycles. The lowest BCUT2D eigenvalue weighted by Crippen LogP contribution is -2.36. The van der Waals surface area contributed by atoms with Crippen LogP contribution < -0.4 is 5.32 Å². The molecule has 0 spiro atoms. The van der Waals surface area contributed by atoms with Crippen LogP contribution in [0.2, 0.25) is 0 Å². The largest absolute Gasteiger partial charge is 0.478 e. The van der Waals surface area contributed by atoms with Gasteiger partial charge in [-0.1, -0.05) is 6.08 Å². The molecule has 3 nitrogen and oxygen atoms in total. The minimum Gasteiger partial charge on any atom is -0.478 e. The summed E-state index contributed by atoms with van der Waals surface area (Å²) in [5, 5.41) is 12.0. The molecule has 0 aromatic carbocycles. The summed E-state index contributed by atoms with van der Waals surface area (Å²) >= 11 is 0. The first-order chi connectivity index (χ1) is 5.27. The van der Waals surface area contributed by atoms with Gasteiger partial charge in [0.25, 0.3) is 0 Å². The van der Waals surface area contributed by atoms with Gasteiger partial charge < -0.3 is 10.4 Å². The lowest BCUT2D eigenvalue weighted by atomic mass is 10.0. The van der Waals surface area contributed by atoms with E-state index < -0.39 is 5.97 Å². The average molecular weight is 153 g/mol. The number of aliphatic carboxylic acids is 1. The smallest absolute Gasteiger partial charge is 0.332 e. The molecule has 2 aliphatic rings. The van der Waals surface area contributed by atoms with Gasteiger partial charge in [-0.15, -0.1) is 0 Å². The zero-order chi connectivity index (χ0) is 7.84. The molecule has 11 heavy (non-hydrogen) atoms. The fourth-order valence-electron chi connectivity index (χ4n) is 1.90. The molecule has 0 aromatic heterocycles. The Morgan fingerprint density at radius 3 is 3.18 bits per heavy atom. The van der Waals surface area contributed by atoms with Crippen molar-refractivity contribution in [3.8, 4) is 0 Å². The molecular formula is C8H11NO2.